The lowest BCUT2D eigenvalue weighted by Crippen LogP contribution is -2.10. The van der Waals surface area contributed by atoms with Gasteiger partial charge >= 0.3 is 0 Å². The molecule has 0 spiro atoms. The van der Waals surface area contributed by atoms with Gasteiger partial charge in [-0.2, -0.15) is 0 Å². The molecule has 0 bridgehead atoms. The number of ether oxygens (including phenoxy) is 2. The van der Waals surface area contributed by atoms with Gasteiger partial charge in [0.1, 0.15) is 0 Å². The molecule has 0 aliphatic carbocycles. The fourth-order valence-corrected chi connectivity index (χ4v) is 4.50. The summed E-state index contributed by atoms with van der Waals surface area (Å²) in [6.45, 7) is 5.16. The molecule has 0 aromatic heterocycles. The van der Waals surface area contributed by atoms with E-state index in [1.807, 2.05) is 18.2 Å². The zero-order valence-electron chi connectivity index (χ0n) is 23.0. The lowest BCUT2D eigenvalue weighted by molar-refractivity contribution is -0.0613. The molecule has 1 aliphatic heterocycles. The van der Waals surface area contributed by atoms with Crippen LogP contribution in [0.4, 0.5) is 0 Å². The third-order valence-corrected chi connectivity index (χ3v) is 6.80. The topological polar surface area (TPSA) is 58.9 Å². The highest BCUT2D eigenvalue weighted by molar-refractivity contribution is 5.16. The fourth-order valence-electron chi connectivity index (χ4n) is 4.50. The lowest BCUT2D eigenvalue weighted by Gasteiger charge is -2.11. The Morgan fingerprint density at radius 2 is 1.26 bits per heavy atom. The summed E-state index contributed by atoms with van der Waals surface area (Å²) in [6, 6.07) is 10.2. The zero-order valence-corrected chi connectivity index (χ0v) is 23.0. The molecule has 1 saturated heterocycles. The highest BCUT2D eigenvalue weighted by Gasteiger charge is 2.26. The van der Waals surface area contributed by atoms with E-state index in [9.17, 15) is 0 Å². The van der Waals surface area contributed by atoms with E-state index in [0.29, 0.717) is 0 Å². The quantitative estimate of drug-likeness (QED) is 0.179. The van der Waals surface area contributed by atoms with Crippen LogP contribution in [0.2, 0.25) is 0 Å². The van der Waals surface area contributed by atoms with E-state index in [1.54, 1.807) is 0 Å². The van der Waals surface area contributed by atoms with E-state index >= 15 is 0 Å². The summed E-state index contributed by atoms with van der Waals surface area (Å²) in [7, 11) is 0. The van der Waals surface area contributed by atoms with Gasteiger partial charge in [0.25, 0.3) is 0 Å². The molecule has 0 radical (unpaired) electrons. The second-order valence-corrected chi connectivity index (χ2v) is 10.2. The summed E-state index contributed by atoms with van der Waals surface area (Å²) in [5, 5.41) is 17.7. The number of aliphatic hydroxyl groups excluding tert-OH is 2. The Kier molecular flexibility index (Phi) is 21.5. The summed E-state index contributed by atoms with van der Waals surface area (Å²) >= 11 is 0. The number of unbranched alkanes of at least 4 members (excludes halogenated alkanes) is 14. The van der Waals surface area contributed by atoms with Crippen LogP contribution in [0.15, 0.2) is 30.3 Å². The molecular formula is C31H56O4. The average Bonchev–Trinajstić information content (AvgIpc) is 3.37. The van der Waals surface area contributed by atoms with E-state index in [0.717, 1.165) is 31.4 Å². The number of rotatable bonds is 20. The summed E-state index contributed by atoms with van der Waals surface area (Å²) in [4.78, 5) is 0. The van der Waals surface area contributed by atoms with Crippen molar-refractivity contribution in [2.45, 2.75) is 148 Å². The number of hydrogen-bond acceptors (Lipinski definition) is 4. The van der Waals surface area contributed by atoms with Crippen LogP contribution in [-0.2, 0) is 9.47 Å². The second kappa shape index (κ2) is 23.5. The van der Waals surface area contributed by atoms with Gasteiger partial charge in [-0.15, -0.1) is 0 Å². The predicted molar refractivity (Wildman–Crippen MR) is 148 cm³/mol. The molecule has 3 unspecified atom stereocenters. The zero-order chi connectivity index (χ0) is 25.4. The Balaban J connectivity index is 0.000000383. The smallest absolute Gasteiger partial charge is 0.184 e. The van der Waals surface area contributed by atoms with Crippen LogP contribution < -0.4 is 0 Å². The Bertz CT molecular complexity index is 550. The minimum absolute atomic E-state index is 0.0868. The molecule has 1 aromatic rings. The predicted octanol–water partition coefficient (Wildman–Crippen LogP) is 8.50. The normalized spacial score (nSPS) is 18.3. The SMILES string of the molecule is CCCCCCCCCCC(O)CO.CCCCCCCCCCC1COC(c2ccccc2)O1. The lowest BCUT2D eigenvalue weighted by atomic mass is 10.1. The standard InChI is InChI=1S/C19H30O2.C12H26O2/c1-2-3-4-5-6-7-8-12-15-18-16-20-19(21-18)17-13-10-9-11-14-17;1-2-3-4-5-6-7-8-9-10-12(14)11-13/h9-11,13-14,18-19H,2-8,12,15-16H2,1H3;12-14H,2-11H2,1H3. The molecule has 1 aliphatic rings. The van der Waals surface area contributed by atoms with Crippen molar-refractivity contribution < 1.29 is 19.7 Å². The van der Waals surface area contributed by atoms with Crippen molar-refractivity contribution in [2.75, 3.05) is 13.2 Å². The number of benzene rings is 1. The third kappa shape index (κ3) is 18.0. The van der Waals surface area contributed by atoms with Gasteiger partial charge in [0.15, 0.2) is 6.29 Å². The number of hydrogen-bond donors (Lipinski definition) is 2. The minimum atomic E-state index is -0.491. The Morgan fingerprint density at radius 1 is 0.743 bits per heavy atom. The first-order chi connectivity index (χ1) is 17.2. The first kappa shape index (κ1) is 32.1. The van der Waals surface area contributed by atoms with Crippen LogP contribution in [0.3, 0.4) is 0 Å². The van der Waals surface area contributed by atoms with Crippen LogP contribution >= 0.6 is 0 Å². The fraction of sp³-hybridized carbons (Fsp3) is 0.806. The first-order valence-corrected chi connectivity index (χ1v) is 14.8. The molecule has 4 heteroatoms. The molecule has 35 heavy (non-hydrogen) atoms. The van der Waals surface area contributed by atoms with Crippen molar-refractivity contribution >= 4 is 0 Å². The summed E-state index contributed by atoms with van der Waals surface area (Å²) < 4.78 is 11.7. The van der Waals surface area contributed by atoms with Gasteiger partial charge in [-0.25, -0.2) is 0 Å². The molecular weight excluding hydrogens is 436 g/mol. The molecule has 204 valence electrons. The van der Waals surface area contributed by atoms with Gasteiger partial charge in [-0.3, -0.25) is 0 Å². The molecule has 0 amide bonds. The third-order valence-electron chi connectivity index (χ3n) is 6.80. The average molecular weight is 493 g/mol. The molecule has 4 nitrogen and oxygen atoms in total. The van der Waals surface area contributed by atoms with Crippen LogP contribution in [0.1, 0.15) is 141 Å². The maximum Gasteiger partial charge on any atom is 0.184 e. The van der Waals surface area contributed by atoms with Gasteiger partial charge < -0.3 is 19.7 Å². The molecule has 1 aromatic carbocycles. The van der Waals surface area contributed by atoms with Crippen molar-refractivity contribution in [3.05, 3.63) is 35.9 Å². The van der Waals surface area contributed by atoms with E-state index < -0.39 is 6.10 Å². The highest BCUT2D eigenvalue weighted by Crippen LogP contribution is 2.28. The summed E-state index contributed by atoms with van der Waals surface area (Å²) in [5.41, 5.74) is 1.14. The van der Waals surface area contributed by atoms with E-state index in [-0.39, 0.29) is 19.0 Å². The molecule has 1 heterocycles. The van der Waals surface area contributed by atoms with Crippen molar-refractivity contribution in [1.82, 2.24) is 0 Å². The van der Waals surface area contributed by atoms with Gasteiger partial charge in [0, 0.05) is 5.56 Å². The maximum absolute atomic E-state index is 9.08. The number of aliphatic hydroxyl groups is 2. The largest absolute Gasteiger partial charge is 0.394 e. The molecule has 0 saturated carbocycles. The van der Waals surface area contributed by atoms with Gasteiger partial charge in [0.05, 0.1) is 25.4 Å². The molecule has 2 N–H and O–H groups in total. The van der Waals surface area contributed by atoms with Crippen molar-refractivity contribution in [3.63, 3.8) is 0 Å². The van der Waals surface area contributed by atoms with E-state index in [1.165, 1.54) is 96.3 Å². The Morgan fingerprint density at radius 3 is 1.80 bits per heavy atom. The van der Waals surface area contributed by atoms with Crippen molar-refractivity contribution in [2.24, 2.45) is 0 Å². The highest BCUT2D eigenvalue weighted by atomic mass is 16.7. The van der Waals surface area contributed by atoms with Crippen LogP contribution in [0, 0.1) is 0 Å². The van der Waals surface area contributed by atoms with E-state index in [2.05, 4.69) is 26.0 Å². The van der Waals surface area contributed by atoms with Gasteiger partial charge in [-0.05, 0) is 12.8 Å². The Labute approximate surface area is 216 Å². The summed E-state index contributed by atoms with van der Waals surface area (Å²) in [6.07, 6.45) is 22.7. The minimum Gasteiger partial charge on any atom is -0.394 e. The monoisotopic (exact) mass is 492 g/mol. The van der Waals surface area contributed by atoms with E-state index in [4.69, 9.17) is 19.7 Å². The summed E-state index contributed by atoms with van der Waals surface area (Å²) in [5.74, 6) is 0. The van der Waals surface area contributed by atoms with Gasteiger partial charge in [0.2, 0.25) is 0 Å². The van der Waals surface area contributed by atoms with Gasteiger partial charge in [-0.1, -0.05) is 147 Å². The van der Waals surface area contributed by atoms with Crippen molar-refractivity contribution in [3.8, 4) is 0 Å². The van der Waals surface area contributed by atoms with Crippen LogP contribution in [0.25, 0.3) is 0 Å². The molecule has 1 fully saturated rings. The first-order valence-electron chi connectivity index (χ1n) is 14.8. The maximum atomic E-state index is 9.08. The molecule has 2 rings (SSSR count). The molecule has 3 atom stereocenters. The second-order valence-electron chi connectivity index (χ2n) is 10.2. The Hall–Kier alpha value is -0.940. The van der Waals surface area contributed by atoms with Crippen molar-refractivity contribution in [1.29, 1.82) is 0 Å². The van der Waals surface area contributed by atoms with Crippen LogP contribution in [0.5, 0.6) is 0 Å². The van der Waals surface area contributed by atoms with Crippen LogP contribution in [-0.4, -0.2) is 35.6 Å².